The normalized spacial score (nSPS) is 10.4. The second kappa shape index (κ2) is 5.05. The van der Waals surface area contributed by atoms with E-state index in [9.17, 15) is 4.79 Å². The van der Waals surface area contributed by atoms with Gasteiger partial charge in [0.25, 0.3) is 5.91 Å². The minimum Gasteiger partial charge on any atom is -0.387 e. The predicted octanol–water partition coefficient (Wildman–Crippen LogP) is 2.86. The molecule has 5 nitrogen and oxygen atoms in total. The highest BCUT2D eigenvalue weighted by molar-refractivity contribution is 6.08. The van der Waals surface area contributed by atoms with Crippen molar-refractivity contribution >= 4 is 28.2 Å². The van der Waals surface area contributed by atoms with Gasteiger partial charge in [-0.1, -0.05) is 12.1 Å². The first-order valence-corrected chi connectivity index (χ1v) is 6.29. The molecule has 3 aromatic rings. The average molecular weight is 266 g/mol. The van der Waals surface area contributed by atoms with Crippen LogP contribution in [0.3, 0.4) is 0 Å². The second-order valence-corrected chi connectivity index (χ2v) is 4.42. The van der Waals surface area contributed by atoms with Crippen LogP contribution in [0.1, 0.15) is 10.4 Å². The number of nitrogens with zero attached hydrogens (tertiary/aromatic N) is 1. The third kappa shape index (κ3) is 2.21. The fraction of sp³-hybridized carbons (Fsp3) is 0.0667. The number of aromatic amines is 1. The third-order valence-corrected chi connectivity index (χ3v) is 3.14. The molecule has 1 aromatic heterocycles. The van der Waals surface area contributed by atoms with Crippen molar-refractivity contribution in [3.05, 3.63) is 54.2 Å². The molecular formula is C15H14N4O. The van der Waals surface area contributed by atoms with E-state index in [0.29, 0.717) is 5.56 Å². The maximum atomic E-state index is 12.3. The van der Waals surface area contributed by atoms with Crippen molar-refractivity contribution in [2.75, 3.05) is 17.7 Å². The van der Waals surface area contributed by atoms with Crippen molar-refractivity contribution in [3.8, 4) is 0 Å². The van der Waals surface area contributed by atoms with Crippen molar-refractivity contribution in [2.45, 2.75) is 0 Å². The van der Waals surface area contributed by atoms with Crippen LogP contribution in [-0.4, -0.2) is 23.2 Å². The number of aromatic nitrogens is 2. The molecule has 0 aliphatic heterocycles. The minimum absolute atomic E-state index is 0.141. The van der Waals surface area contributed by atoms with E-state index in [-0.39, 0.29) is 5.91 Å². The van der Waals surface area contributed by atoms with Gasteiger partial charge in [0.05, 0.1) is 17.3 Å². The summed E-state index contributed by atoms with van der Waals surface area (Å²) in [5.74, 6) is -0.141. The Morgan fingerprint density at radius 2 is 2.05 bits per heavy atom. The number of hydrogen-bond donors (Lipinski definition) is 3. The van der Waals surface area contributed by atoms with Crippen molar-refractivity contribution in [3.63, 3.8) is 0 Å². The Balaban J connectivity index is 1.88. The quantitative estimate of drug-likeness (QED) is 0.682. The summed E-state index contributed by atoms with van der Waals surface area (Å²) in [7, 11) is 1.80. The molecule has 100 valence electrons. The fourth-order valence-corrected chi connectivity index (χ4v) is 2.12. The van der Waals surface area contributed by atoms with Gasteiger partial charge in [0.1, 0.15) is 0 Å². The molecule has 0 atom stereocenters. The molecule has 0 radical (unpaired) electrons. The van der Waals surface area contributed by atoms with Crippen LogP contribution in [-0.2, 0) is 0 Å². The number of H-pyrrole nitrogens is 1. The molecule has 5 heteroatoms. The molecule has 0 spiro atoms. The average Bonchev–Trinajstić information content (AvgIpc) is 2.94. The maximum absolute atomic E-state index is 12.3. The predicted molar refractivity (Wildman–Crippen MR) is 80.0 cm³/mol. The summed E-state index contributed by atoms with van der Waals surface area (Å²) in [6, 6.07) is 13.0. The lowest BCUT2D eigenvalue weighted by Crippen LogP contribution is -2.13. The van der Waals surface area contributed by atoms with E-state index >= 15 is 0 Å². The molecule has 0 saturated heterocycles. The zero-order valence-electron chi connectivity index (χ0n) is 11.0. The first-order valence-electron chi connectivity index (χ1n) is 6.29. The lowest BCUT2D eigenvalue weighted by molar-refractivity contribution is 0.102. The Labute approximate surface area is 116 Å². The van der Waals surface area contributed by atoms with Gasteiger partial charge in [-0.2, -0.15) is 5.10 Å². The first-order chi connectivity index (χ1) is 9.78. The summed E-state index contributed by atoms with van der Waals surface area (Å²) in [5, 5.41) is 13.7. The number of nitrogens with one attached hydrogen (secondary N) is 3. The van der Waals surface area contributed by atoms with Crippen LogP contribution in [0.15, 0.2) is 48.7 Å². The van der Waals surface area contributed by atoms with Crippen LogP contribution in [0.25, 0.3) is 10.9 Å². The molecule has 3 rings (SSSR count). The standard InChI is InChI=1S/C15H14N4O/c1-16-14-5-3-2-4-12(14)15(20)18-11-6-7-13-10(8-11)9-17-19-13/h2-9,16H,1H3,(H,17,19)(H,18,20). The number of amides is 1. The Kier molecular flexibility index (Phi) is 3.09. The molecule has 3 N–H and O–H groups in total. The molecule has 2 aromatic carbocycles. The van der Waals surface area contributed by atoms with Crippen LogP contribution >= 0.6 is 0 Å². The third-order valence-electron chi connectivity index (χ3n) is 3.14. The molecule has 1 amide bonds. The number of hydrogen-bond acceptors (Lipinski definition) is 3. The van der Waals surface area contributed by atoms with Crippen LogP contribution in [0, 0.1) is 0 Å². The number of benzene rings is 2. The summed E-state index contributed by atoms with van der Waals surface area (Å²) in [6.07, 6.45) is 1.73. The maximum Gasteiger partial charge on any atom is 0.257 e. The van der Waals surface area contributed by atoms with Crippen LogP contribution in [0.2, 0.25) is 0 Å². The number of para-hydroxylation sites is 1. The van der Waals surface area contributed by atoms with Gasteiger partial charge in [0, 0.05) is 23.8 Å². The number of anilines is 2. The van der Waals surface area contributed by atoms with Gasteiger partial charge < -0.3 is 10.6 Å². The summed E-state index contributed by atoms with van der Waals surface area (Å²) in [4.78, 5) is 12.3. The smallest absolute Gasteiger partial charge is 0.257 e. The summed E-state index contributed by atoms with van der Waals surface area (Å²) in [6.45, 7) is 0. The highest BCUT2D eigenvalue weighted by Gasteiger charge is 2.10. The highest BCUT2D eigenvalue weighted by Crippen LogP contribution is 2.19. The molecule has 0 fully saturated rings. The van der Waals surface area contributed by atoms with E-state index in [1.54, 1.807) is 19.3 Å². The Morgan fingerprint density at radius 3 is 2.90 bits per heavy atom. The number of carbonyl (C=O) groups is 1. The summed E-state index contributed by atoms with van der Waals surface area (Å²) in [5.41, 5.74) is 3.10. The van der Waals surface area contributed by atoms with E-state index in [4.69, 9.17) is 0 Å². The lowest BCUT2D eigenvalue weighted by Gasteiger charge is -2.09. The SMILES string of the molecule is CNc1ccccc1C(=O)Nc1ccc2[nH]ncc2c1. The molecule has 0 saturated carbocycles. The molecular weight excluding hydrogens is 252 g/mol. The number of fused-ring (bicyclic) bond motifs is 1. The van der Waals surface area contributed by atoms with E-state index < -0.39 is 0 Å². The Bertz CT molecular complexity index is 763. The minimum atomic E-state index is -0.141. The zero-order valence-corrected chi connectivity index (χ0v) is 11.0. The lowest BCUT2D eigenvalue weighted by atomic mass is 10.1. The van der Waals surface area contributed by atoms with E-state index in [1.807, 2.05) is 36.4 Å². The van der Waals surface area contributed by atoms with Crippen molar-refractivity contribution in [1.82, 2.24) is 10.2 Å². The van der Waals surface area contributed by atoms with E-state index in [2.05, 4.69) is 20.8 Å². The van der Waals surface area contributed by atoms with Gasteiger partial charge in [0.2, 0.25) is 0 Å². The van der Waals surface area contributed by atoms with Gasteiger partial charge in [-0.3, -0.25) is 9.89 Å². The Hall–Kier alpha value is -2.82. The van der Waals surface area contributed by atoms with E-state index in [0.717, 1.165) is 22.3 Å². The fourth-order valence-electron chi connectivity index (χ4n) is 2.12. The largest absolute Gasteiger partial charge is 0.387 e. The number of rotatable bonds is 3. The molecule has 0 bridgehead atoms. The van der Waals surface area contributed by atoms with E-state index in [1.165, 1.54) is 0 Å². The molecule has 0 unspecified atom stereocenters. The Morgan fingerprint density at radius 1 is 1.20 bits per heavy atom. The van der Waals surface area contributed by atoms with Gasteiger partial charge in [0.15, 0.2) is 0 Å². The summed E-state index contributed by atoms with van der Waals surface area (Å²) >= 11 is 0. The van der Waals surface area contributed by atoms with Gasteiger partial charge in [-0.15, -0.1) is 0 Å². The van der Waals surface area contributed by atoms with Crippen molar-refractivity contribution in [1.29, 1.82) is 0 Å². The van der Waals surface area contributed by atoms with Crippen LogP contribution in [0.5, 0.6) is 0 Å². The molecule has 20 heavy (non-hydrogen) atoms. The number of carbonyl (C=O) groups excluding carboxylic acids is 1. The zero-order chi connectivity index (χ0) is 13.9. The van der Waals surface area contributed by atoms with Crippen molar-refractivity contribution < 1.29 is 4.79 Å². The van der Waals surface area contributed by atoms with Crippen molar-refractivity contribution in [2.24, 2.45) is 0 Å². The molecule has 0 aliphatic carbocycles. The molecule has 0 aliphatic rings. The molecule has 1 heterocycles. The van der Waals surface area contributed by atoms with Gasteiger partial charge in [-0.05, 0) is 30.3 Å². The highest BCUT2D eigenvalue weighted by atomic mass is 16.1. The second-order valence-electron chi connectivity index (χ2n) is 4.42. The summed E-state index contributed by atoms with van der Waals surface area (Å²) < 4.78 is 0. The topological polar surface area (TPSA) is 69.8 Å². The monoisotopic (exact) mass is 266 g/mol. The first kappa shape index (κ1) is 12.2. The van der Waals surface area contributed by atoms with Gasteiger partial charge >= 0.3 is 0 Å². The van der Waals surface area contributed by atoms with Crippen LogP contribution < -0.4 is 10.6 Å². The van der Waals surface area contributed by atoms with Gasteiger partial charge in [-0.25, -0.2) is 0 Å². The van der Waals surface area contributed by atoms with Crippen LogP contribution in [0.4, 0.5) is 11.4 Å².